The summed E-state index contributed by atoms with van der Waals surface area (Å²) in [6.45, 7) is 1.95. The quantitative estimate of drug-likeness (QED) is 0.837. The Morgan fingerprint density at radius 1 is 1.39 bits per heavy atom. The molecule has 1 fully saturated rings. The molecule has 18 heavy (non-hydrogen) atoms. The van der Waals surface area contributed by atoms with E-state index in [4.69, 9.17) is 0 Å². The van der Waals surface area contributed by atoms with Gasteiger partial charge in [-0.15, -0.1) is 0 Å². The molecule has 96 valence electrons. The van der Waals surface area contributed by atoms with Crippen LogP contribution in [-0.4, -0.2) is 29.5 Å². The third-order valence-corrected chi connectivity index (χ3v) is 5.20. The number of imidazole rings is 1. The molecule has 1 unspecified atom stereocenters. The van der Waals surface area contributed by atoms with Crippen LogP contribution in [-0.2, 0) is 9.84 Å². The lowest BCUT2D eigenvalue weighted by atomic mass is 10.2. The van der Waals surface area contributed by atoms with E-state index in [9.17, 15) is 13.2 Å². The molecular formula is C12H14N2O3S. The minimum Gasteiger partial charge on any atom is -0.306 e. The van der Waals surface area contributed by atoms with Gasteiger partial charge in [0.1, 0.15) is 0 Å². The first-order valence-electron chi connectivity index (χ1n) is 5.87. The lowest BCUT2D eigenvalue weighted by Gasteiger charge is -2.09. The van der Waals surface area contributed by atoms with E-state index in [2.05, 4.69) is 4.98 Å². The Kier molecular flexibility index (Phi) is 2.38. The van der Waals surface area contributed by atoms with E-state index in [0.29, 0.717) is 6.42 Å². The minimum absolute atomic E-state index is 0.0632. The van der Waals surface area contributed by atoms with Crippen LogP contribution in [0.15, 0.2) is 23.0 Å². The number of benzene rings is 1. The Balaban J connectivity index is 2.18. The minimum atomic E-state index is -2.99. The van der Waals surface area contributed by atoms with Gasteiger partial charge < -0.3 is 4.98 Å². The van der Waals surface area contributed by atoms with Crippen LogP contribution in [0.2, 0.25) is 0 Å². The molecule has 6 heteroatoms. The summed E-state index contributed by atoms with van der Waals surface area (Å²) in [6.07, 6.45) is 0.517. The predicted molar refractivity (Wildman–Crippen MR) is 69.6 cm³/mol. The zero-order chi connectivity index (χ0) is 12.9. The number of aromatic amines is 1. The molecule has 0 bridgehead atoms. The summed E-state index contributed by atoms with van der Waals surface area (Å²) < 4.78 is 24.6. The Morgan fingerprint density at radius 2 is 2.17 bits per heavy atom. The van der Waals surface area contributed by atoms with Crippen molar-refractivity contribution in [2.45, 2.75) is 19.4 Å². The van der Waals surface area contributed by atoms with Crippen molar-refractivity contribution in [2.75, 3.05) is 11.5 Å². The normalized spacial score (nSPS) is 22.6. The van der Waals surface area contributed by atoms with E-state index in [1.807, 2.05) is 25.1 Å². The van der Waals surface area contributed by atoms with Crippen LogP contribution in [0.25, 0.3) is 11.0 Å². The molecule has 1 atom stereocenters. The highest BCUT2D eigenvalue weighted by Gasteiger charge is 2.31. The summed E-state index contributed by atoms with van der Waals surface area (Å²) in [4.78, 5) is 14.7. The Labute approximate surface area is 104 Å². The van der Waals surface area contributed by atoms with Crippen molar-refractivity contribution in [3.05, 3.63) is 34.2 Å². The van der Waals surface area contributed by atoms with Crippen LogP contribution in [0.4, 0.5) is 0 Å². The molecule has 5 nitrogen and oxygen atoms in total. The van der Waals surface area contributed by atoms with Gasteiger partial charge in [0, 0.05) is 0 Å². The van der Waals surface area contributed by atoms with E-state index >= 15 is 0 Å². The van der Waals surface area contributed by atoms with Crippen molar-refractivity contribution in [2.24, 2.45) is 0 Å². The van der Waals surface area contributed by atoms with E-state index < -0.39 is 9.84 Å². The highest BCUT2D eigenvalue weighted by Crippen LogP contribution is 2.25. The number of hydrogen-bond donors (Lipinski definition) is 1. The topological polar surface area (TPSA) is 71.9 Å². The standard InChI is InChI=1S/C12H14N2O3S/c1-8-2-3-11-10(6-8)13-12(15)14(11)9-4-5-18(16,17)7-9/h2-3,6,9H,4-5,7H2,1H3,(H,13,15). The molecule has 2 heterocycles. The molecule has 3 rings (SSSR count). The SMILES string of the molecule is Cc1ccc2c(c1)[nH]c(=O)n2C1CCS(=O)(=O)C1. The number of aryl methyl sites for hydroxylation is 1. The smallest absolute Gasteiger partial charge is 0.306 e. The van der Waals surface area contributed by atoms with Crippen LogP contribution < -0.4 is 5.69 Å². The van der Waals surface area contributed by atoms with Crippen LogP contribution in [0, 0.1) is 6.92 Å². The number of fused-ring (bicyclic) bond motifs is 1. The van der Waals surface area contributed by atoms with Gasteiger partial charge in [-0.25, -0.2) is 13.2 Å². The van der Waals surface area contributed by atoms with Crippen LogP contribution >= 0.6 is 0 Å². The lowest BCUT2D eigenvalue weighted by Crippen LogP contribution is -2.23. The van der Waals surface area contributed by atoms with Crippen LogP contribution in [0.5, 0.6) is 0 Å². The molecule has 2 aromatic rings. The van der Waals surface area contributed by atoms with Gasteiger partial charge in [0.05, 0.1) is 28.6 Å². The average Bonchev–Trinajstić information content (AvgIpc) is 2.77. The zero-order valence-corrected chi connectivity index (χ0v) is 10.8. The third-order valence-electron chi connectivity index (χ3n) is 3.45. The van der Waals surface area contributed by atoms with Crippen LogP contribution in [0.1, 0.15) is 18.0 Å². The molecule has 0 spiro atoms. The summed E-state index contributed by atoms with van der Waals surface area (Å²) in [5.74, 6) is 0.233. The van der Waals surface area contributed by atoms with Gasteiger partial charge in [-0.05, 0) is 31.0 Å². The molecule has 1 aromatic heterocycles. The predicted octanol–water partition coefficient (Wildman–Crippen LogP) is 0.998. The van der Waals surface area contributed by atoms with Gasteiger partial charge in [0.15, 0.2) is 9.84 Å². The van der Waals surface area contributed by atoms with Crippen molar-refractivity contribution >= 4 is 20.9 Å². The number of hydrogen-bond acceptors (Lipinski definition) is 3. The fourth-order valence-electron chi connectivity index (χ4n) is 2.59. The van der Waals surface area contributed by atoms with Gasteiger partial charge in [-0.3, -0.25) is 4.57 Å². The molecule has 1 aromatic carbocycles. The maximum absolute atomic E-state index is 12.0. The molecular weight excluding hydrogens is 252 g/mol. The Morgan fingerprint density at radius 3 is 2.83 bits per heavy atom. The fourth-order valence-corrected chi connectivity index (χ4v) is 4.29. The molecule has 0 aliphatic carbocycles. The second-order valence-electron chi connectivity index (χ2n) is 4.88. The first-order valence-corrected chi connectivity index (χ1v) is 7.70. The molecule has 0 amide bonds. The van der Waals surface area contributed by atoms with Crippen molar-refractivity contribution in [1.29, 1.82) is 0 Å². The van der Waals surface area contributed by atoms with Gasteiger partial charge >= 0.3 is 5.69 Å². The largest absolute Gasteiger partial charge is 0.326 e. The second kappa shape index (κ2) is 3.71. The maximum Gasteiger partial charge on any atom is 0.326 e. The van der Waals surface area contributed by atoms with E-state index in [0.717, 1.165) is 16.6 Å². The molecule has 1 aliphatic heterocycles. The van der Waals surface area contributed by atoms with E-state index in [1.54, 1.807) is 4.57 Å². The van der Waals surface area contributed by atoms with Crippen molar-refractivity contribution in [3.8, 4) is 0 Å². The first kappa shape index (κ1) is 11.5. The average molecular weight is 266 g/mol. The van der Waals surface area contributed by atoms with Crippen molar-refractivity contribution in [3.63, 3.8) is 0 Å². The molecule has 0 saturated carbocycles. The number of aromatic nitrogens is 2. The summed E-state index contributed by atoms with van der Waals surface area (Å²) >= 11 is 0. The fraction of sp³-hybridized carbons (Fsp3) is 0.417. The molecule has 1 saturated heterocycles. The first-order chi connectivity index (χ1) is 8.46. The summed E-state index contributed by atoms with van der Waals surface area (Å²) in [5.41, 5.74) is 2.39. The van der Waals surface area contributed by atoms with Crippen molar-refractivity contribution in [1.82, 2.24) is 9.55 Å². The Bertz CT molecular complexity index is 770. The van der Waals surface area contributed by atoms with E-state index in [-0.39, 0.29) is 23.2 Å². The second-order valence-corrected chi connectivity index (χ2v) is 7.11. The maximum atomic E-state index is 12.0. The molecule has 1 N–H and O–H groups in total. The van der Waals surface area contributed by atoms with Gasteiger partial charge in [-0.2, -0.15) is 0 Å². The zero-order valence-electron chi connectivity index (χ0n) is 10.0. The van der Waals surface area contributed by atoms with Gasteiger partial charge in [0.2, 0.25) is 0 Å². The summed E-state index contributed by atoms with van der Waals surface area (Å²) in [6, 6.07) is 5.46. The van der Waals surface area contributed by atoms with E-state index in [1.165, 1.54) is 0 Å². The summed E-state index contributed by atoms with van der Waals surface area (Å²) in [5, 5.41) is 0. The Hall–Kier alpha value is -1.56. The molecule has 1 aliphatic rings. The highest BCUT2D eigenvalue weighted by atomic mass is 32.2. The summed E-state index contributed by atoms with van der Waals surface area (Å²) in [7, 11) is -2.99. The lowest BCUT2D eigenvalue weighted by molar-refractivity contribution is 0.554. The van der Waals surface area contributed by atoms with Crippen LogP contribution in [0.3, 0.4) is 0 Å². The number of sulfone groups is 1. The number of rotatable bonds is 1. The van der Waals surface area contributed by atoms with Crippen molar-refractivity contribution < 1.29 is 8.42 Å². The number of nitrogens with one attached hydrogen (secondary N) is 1. The highest BCUT2D eigenvalue weighted by molar-refractivity contribution is 7.91. The van der Waals surface area contributed by atoms with Gasteiger partial charge in [0.25, 0.3) is 0 Å². The number of nitrogens with zero attached hydrogens (tertiary/aromatic N) is 1. The third kappa shape index (κ3) is 1.77. The molecule has 0 radical (unpaired) electrons. The monoisotopic (exact) mass is 266 g/mol. The number of H-pyrrole nitrogens is 1. The van der Waals surface area contributed by atoms with Gasteiger partial charge in [-0.1, -0.05) is 6.07 Å².